The van der Waals surface area contributed by atoms with Crippen LogP contribution >= 0.6 is 11.8 Å². The maximum atomic E-state index is 13.4. The first-order valence-electron chi connectivity index (χ1n) is 12.8. The second-order valence-corrected chi connectivity index (χ2v) is 10.7. The Balaban J connectivity index is 1.50. The molecule has 0 aliphatic rings. The Labute approximate surface area is 241 Å². The highest BCUT2D eigenvalue weighted by molar-refractivity contribution is 8.00. The third kappa shape index (κ3) is 7.40. The zero-order valence-corrected chi connectivity index (χ0v) is 23.1. The molecule has 4 N–H and O–H groups in total. The van der Waals surface area contributed by atoms with Crippen LogP contribution < -0.4 is 10.6 Å². The minimum Gasteiger partial charge on any atom is -0.478 e. The molecule has 1 atom stereocenters. The van der Waals surface area contributed by atoms with Crippen molar-refractivity contribution in [1.82, 2.24) is 0 Å². The number of carbonyl (C=O) groups is 4. The molecule has 0 radical (unpaired) electrons. The van der Waals surface area contributed by atoms with E-state index < -0.39 is 28.7 Å². The van der Waals surface area contributed by atoms with Gasteiger partial charge in [0.05, 0.1) is 16.7 Å². The number of aromatic carboxylic acids is 2. The lowest BCUT2D eigenvalue weighted by Gasteiger charge is -2.18. The minimum atomic E-state index is -1.41. The van der Waals surface area contributed by atoms with Crippen LogP contribution in [-0.2, 0) is 4.79 Å². The molecule has 2 amide bonds. The first-order valence-corrected chi connectivity index (χ1v) is 13.6. The molecule has 0 heterocycles. The van der Waals surface area contributed by atoms with E-state index in [0.29, 0.717) is 17.3 Å². The third-order valence-electron chi connectivity index (χ3n) is 6.29. The van der Waals surface area contributed by atoms with Gasteiger partial charge in [-0.2, -0.15) is 0 Å². The maximum absolute atomic E-state index is 13.4. The van der Waals surface area contributed by atoms with Crippen LogP contribution in [0.5, 0.6) is 0 Å². The second kappa shape index (κ2) is 13.0. The lowest BCUT2D eigenvalue weighted by molar-refractivity contribution is -0.115. The molecular formula is C32H28N2O6S. The fourth-order valence-corrected chi connectivity index (χ4v) is 5.09. The van der Waals surface area contributed by atoms with E-state index in [2.05, 4.69) is 24.5 Å². The van der Waals surface area contributed by atoms with Crippen LogP contribution in [0.25, 0.3) is 0 Å². The standard InChI is InChI=1S/C32H28N2O6S/c1-19(2)20-8-11-23(12-9-20)34-30(36)28(21-6-4-3-5-7-21)41-25-15-13-24(14-16-25)33-29(35)26-17-10-22(31(37)38)18-27(26)32(39)40/h3-19,28H,1-2H3,(H,33,35)(H,34,36)(H,37,38)(H,39,40). The Kier molecular flexibility index (Phi) is 9.21. The average molecular weight is 569 g/mol. The summed E-state index contributed by atoms with van der Waals surface area (Å²) in [7, 11) is 0. The van der Waals surface area contributed by atoms with Gasteiger partial charge in [-0.25, -0.2) is 9.59 Å². The summed E-state index contributed by atoms with van der Waals surface area (Å²) >= 11 is 1.35. The largest absolute Gasteiger partial charge is 0.478 e. The number of carboxylic acids is 2. The molecule has 8 nitrogen and oxygen atoms in total. The van der Waals surface area contributed by atoms with Gasteiger partial charge in [-0.15, -0.1) is 11.8 Å². The lowest BCUT2D eigenvalue weighted by Crippen LogP contribution is -2.19. The Morgan fingerprint density at radius 3 is 1.85 bits per heavy atom. The van der Waals surface area contributed by atoms with Crippen molar-refractivity contribution in [2.45, 2.75) is 29.9 Å². The Bertz CT molecular complexity index is 1570. The van der Waals surface area contributed by atoms with Gasteiger partial charge in [0.25, 0.3) is 5.91 Å². The summed E-state index contributed by atoms with van der Waals surface area (Å²) in [5, 5.41) is 23.7. The molecular weight excluding hydrogens is 540 g/mol. The highest BCUT2D eigenvalue weighted by Crippen LogP contribution is 2.37. The summed E-state index contributed by atoms with van der Waals surface area (Å²) in [6.07, 6.45) is 0. The number of hydrogen-bond donors (Lipinski definition) is 4. The molecule has 4 aromatic carbocycles. The summed E-state index contributed by atoms with van der Waals surface area (Å²) in [5.41, 5.74) is 2.32. The van der Waals surface area contributed by atoms with E-state index >= 15 is 0 Å². The van der Waals surface area contributed by atoms with Gasteiger partial charge >= 0.3 is 11.9 Å². The van der Waals surface area contributed by atoms with Crippen LogP contribution in [0.15, 0.2) is 102 Å². The molecule has 1 unspecified atom stereocenters. The number of carbonyl (C=O) groups excluding carboxylic acids is 2. The predicted molar refractivity (Wildman–Crippen MR) is 159 cm³/mol. The molecule has 9 heteroatoms. The van der Waals surface area contributed by atoms with Crippen LogP contribution in [0.4, 0.5) is 11.4 Å². The summed E-state index contributed by atoms with van der Waals surface area (Å²) in [5.74, 6) is -3.19. The van der Waals surface area contributed by atoms with Gasteiger partial charge in [-0.3, -0.25) is 9.59 Å². The van der Waals surface area contributed by atoms with Crippen molar-refractivity contribution >= 4 is 46.9 Å². The minimum absolute atomic E-state index is 0.164. The number of rotatable bonds is 10. The quantitative estimate of drug-likeness (QED) is 0.152. The molecule has 4 rings (SSSR count). The number of benzene rings is 4. The molecule has 0 fully saturated rings. The van der Waals surface area contributed by atoms with Gasteiger partial charge in [0.1, 0.15) is 5.25 Å². The van der Waals surface area contributed by atoms with Gasteiger partial charge in [-0.05, 0) is 71.6 Å². The van der Waals surface area contributed by atoms with Gasteiger partial charge in [0, 0.05) is 16.3 Å². The van der Waals surface area contributed by atoms with Crippen molar-refractivity contribution in [3.05, 3.63) is 125 Å². The number of anilines is 2. The van der Waals surface area contributed by atoms with E-state index in [1.54, 1.807) is 24.3 Å². The van der Waals surface area contributed by atoms with E-state index in [4.69, 9.17) is 5.11 Å². The Morgan fingerprint density at radius 1 is 0.659 bits per heavy atom. The second-order valence-electron chi connectivity index (χ2n) is 9.52. The SMILES string of the molecule is CC(C)c1ccc(NC(=O)C(Sc2ccc(NC(=O)c3ccc(C(=O)O)cc3C(=O)O)cc2)c2ccccc2)cc1. The monoisotopic (exact) mass is 568 g/mol. The van der Waals surface area contributed by atoms with Crippen LogP contribution in [0, 0.1) is 0 Å². The normalized spacial score (nSPS) is 11.5. The van der Waals surface area contributed by atoms with Crippen LogP contribution in [0.1, 0.15) is 67.2 Å². The lowest BCUT2D eigenvalue weighted by atomic mass is 10.0. The number of carboxylic acid groups (broad SMARTS) is 2. The molecule has 41 heavy (non-hydrogen) atoms. The Hall–Kier alpha value is -4.89. The van der Waals surface area contributed by atoms with E-state index in [9.17, 15) is 24.3 Å². The van der Waals surface area contributed by atoms with Crippen LogP contribution in [-0.4, -0.2) is 34.0 Å². The average Bonchev–Trinajstić information content (AvgIpc) is 2.97. The molecule has 0 spiro atoms. The fraction of sp³-hybridized carbons (Fsp3) is 0.125. The third-order valence-corrected chi connectivity index (χ3v) is 7.56. The summed E-state index contributed by atoms with van der Waals surface area (Å²) in [4.78, 5) is 49.8. The molecule has 0 saturated carbocycles. The van der Waals surface area contributed by atoms with Crippen molar-refractivity contribution in [2.24, 2.45) is 0 Å². The first-order chi connectivity index (χ1) is 19.6. The predicted octanol–water partition coefficient (Wildman–Crippen LogP) is 6.93. The Morgan fingerprint density at radius 2 is 1.27 bits per heavy atom. The molecule has 0 bridgehead atoms. The zero-order chi connectivity index (χ0) is 29.5. The van der Waals surface area contributed by atoms with E-state index in [1.165, 1.54) is 29.5 Å². The van der Waals surface area contributed by atoms with E-state index in [1.807, 2.05) is 54.6 Å². The van der Waals surface area contributed by atoms with Gasteiger partial charge in [0.15, 0.2) is 0 Å². The summed E-state index contributed by atoms with van der Waals surface area (Å²) < 4.78 is 0. The number of nitrogens with one attached hydrogen (secondary N) is 2. The first kappa shape index (κ1) is 29.1. The van der Waals surface area contributed by atoms with Crippen molar-refractivity contribution in [3.8, 4) is 0 Å². The maximum Gasteiger partial charge on any atom is 0.336 e. The molecule has 0 aliphatic heterocycles. The van der Waals surface area contributed by atoms with Crippen LogP contribution in [0.2, 0.25) is 0 Å². The van der Waals surface area contributed by atoms with Crippen molar-refractivity contribution < 1.29 is 29.4 Å². The van der Waals surface area contributed by atoms with E-state index in [0.717, 1.165) is 16.5 Å². The van der Waals surface area contributed by atoms with E-state index in [-0.39, 0.29) is 17.0 Å². The highest BCUT2D eigenvalue weighted by atomic mass is 32.2. The highest BCUT2D eigenvalue weighted by Gasteiger charge is 2.23. The number of thioether (sulfide) groups is 1. The smallest absolute Gasteiger partial charge is 0.336 e. The van der Waals surface area contributed by atoms with Crippen LogP contribution in [0.3, 0.4) is 0 Å². The number of amides is 2. The van der Waals surface area contributed by atoms with Gasteiger partial charge in [-0.1, -0.05) is 56.3 Å². The summed E-state index contributed by atoms with van der Waals surface area (Å²) in [6.45, 7) is 4.22. The van der Waals surface area contributed by atoms with Crippen molar-refractivity contribution in [1.29, 1.82) is 0 Å². The van der Waals surface area contributed by atoms with Gasteiger partial charge in [0.2, 0.25) is 5.91 Å². The molecule has 0 saturated heterocycles. The molecule has 208 valence electrons. The molecule has 0 aliphatic carbocycles. The molecule has 4 aromatic rings. The van der Waals surface area contributed by atoms with Gasteiger partial charge < -0.3 is 20.8 Å². The van der Waals surface area contributed by atoms with Crippen molar-refractivity contribution in [2.75, 3.05) is 10.6 Å². The van der Waals surface area contributed by atoms with Crippen molar-refractivity contribution in [3.63, 3.8) is 0 Å². The topological polar surface area (TPSA) is 133 Å². The number of hydrogen-bond acceptors (Lipinski definition) is 5. The zero-order valence-electron chi connectivity index (χ0n) is 22.3. The summed E-state index contributed by atoms with van der Waals surface area (Å²) in [6, 6.07) is 27.3. The molecule has 0 aromatic heterocycles. The fourth-order valence-electron chi connectivity index (χ4n) is 4.06.